The summed E-state index contributed by atoms with van der Waals surface area (Å²) in [5.74, 6) is 2.30. The van der Waals surface area contributed by atoms with Crippen LogP contribution in [0.2, 0.25) is 0 Å². The lowest BCUT2D eigenvalue weighted by molar-refractivity contribution is -0.384. The van der Waals surface area contributed by atoms with Crippen LogP contribution in [0.3, 0.4) is 0 Å². The Kier molecular flexibility index (Phi) is 6.49. The third kappa shape index (κ3) is 5.16. The van der Waals surface area contributed by atoms with Crippen molar-refractivity contribution in [1.29, 1.82) is 0 Å². The van der Waals surface area contributed by atoms with Crippen molar-refractivity contribution in [2.45, 2.75) is 58.8 Å². The highest BCUT2D eigenvalue weighted by Gasteiger charge is 2.50. The van der Waals surface area contributed by atoms with Crippen LogP contribution in [-0.2, 0) is 9.53 Å². The molecule has 1 heterocycles. The van der Waals surface area contributed by atoms with E-state index in [-0.39, 0.29) is 29.2 Å². The zero-order valence-electron chi connectivity index (χ0n) is 20.8. The van der Waals surface area contributed by atoms with E-state index in [0.29, 0.717) is 24.1 Å². The molecule has 8 nitrogen and oxygen atoms in total. The van der Waals surface area contributed by atoms with Crippen LogP contribution in [0.5, 0.6) is 0 Å². The number of nitrogens with zero attached hydrogens (tertiary/aromatic N) is 2. The fraction of sp³-hybridized carbons (Fsp3) is 0.704. The largest absolute Gasteiger partial charge is 0.452 e. The van der Waals surface area contributed by atoms with Crippen molar-refractivity contribution in [1.82, 2.24) is 5.32 Å². The molecule has 5 fully saturated rings. The van der Waals surface area contributed by atoms with Gasteiger partial charge in [-0.15, -0.1) is 0 Å². The zero-order valence-corrected chi connectivity index (χ0v) is 20.8. The lowest BCUT2D eigenvalue weighted by atomic mass is 9.49. The third-order valence-corrected chi connectivity index (χ3v) is 8.78. The van der Waals surface area contributed by atoms with E-state index < -0.39 is 10.9 Å². The average molecular weight is 484 g/mol. The number of carbonyl (C=O) groups excluding carboxylic acids is 2. The number of hydrogen-bond donors (Lipinski definition) is 1. The Labute approximate surface area is 206 Å². The van der Waals surface area contributed by atoms with Crippen molar-refractivity contribution < 1.29 is 19.2 Å². The molecule has 4 bridgehead atoms. The highest BCUT2D eigenvalue weighted by molar-refractivity contribution is 5.93. The molecule has 4 saturated carbocycles. The minimum atomic E-state index is -0.718. The molecule has 1 aliphatic heterocycles. The van der Waals surface area contributed by atoms with Crippen molar-refractivity contribution in [3.05, 3.63) is 33.9 Å². The molecule has 8 heteroatoms. The molecule has 1 amide bonds. The molecule has 35 heavy (non-hydrogen) atoms. The normalized spacial score (nSPS) is 33.4. The van der Waals surface area contributed by atoms with Crippen molar-refractivity contribution in [2.75, 3.05) is 31.1 Å². The summed E-state index contributed by atoms with van der Waals surface area (Å²) >= 11 is 0. The molecule has 2 unspecified atom stereocenters. The molecule has 0 spiro atoms. The highest BCUT2D eigenvalue weighted by Crippen LogP contribution is 2.59. The third-order valence-electron chi connectivity index (χ3n) is 8.78. The van der Waals surface area contributed by atoms with Gasteiger partial charge < -0.3 is 15.0 Å². The Balaban J connectivity index is 1.17. The summed E-state index contributed by atoms with van der Waals surface area (Å²) in [6.07, 6.45) is 8.75. The number of nitro benzene ring substituents is 1. The van der Waals surface area contributed by atoms with Gasteiger partial charge in [-0.05, 0) is 92.1 Å². The van der Waals surface area contributed by atoms with Gasteiger partial charge in [0.1, 0.15) is 5.69 Å². The molecule has 1 aromatic rings. The van der Waals surface area contributed by atoms with E-state index >= 15 is 0 Å². The zero-order chi connectivity index (χ0) is 24.7. The minimum absolute atomic E-state index is 0.0902. The first-order chi connectivity index (χ1) is 16.7. The van der Waals surface area contributed by atoms with Crippen LogP contribution in [-0.4, -0.2) is 43.0 Å². The van der Waals surface area contributed by atoms with Crippen LogP contribution in [0.1, 0.15) is 69.2 Å². The lowest BCUT2D eigenvalue weighted by Gasteiger charge is -2.56. The second-order valence-electron chi connectivity index (χ2n) is 12.1. The number of anilines is 1. The molecular formula is C27H37N3O5. The van der Waals surface area contributed by atoms with Gasteiger partial charge in [0.2, 0.25) is 0 Å². The van der Waals surface area contributed by atoms with Gasteiger partial charge in [-0.3, -0.25) is 14.9 Å². The monoisotopic (exact) mass is 483 g/mol. The second kappa shape index (κ2) is 9.43. The van der Waals surface area contributed by atoms with Crippen LogP contribution in [0.15, 0.2) is 18.2 Å². The van der Waals surface area contributed by atoms with Crippen molar-refractivity contribution in [2.24, 2.45) is 35.0 Å². The fourth-order valence-electron chi connectivity index (χ4n) is 7.98. The smallest absolute Gasteiger partial charge is 0.338 e. The number of nitrogens with one attached hydrogen (secondary N) is 1. The highest BCUT2D eigenvalue weighted by atomic mass is 16.6. The SMILES string of the molecule is CC1CC(C)CN(c2ccc(C(=O)OCC(=O)NCC34CC5CC(CC(C5)C3)C4)cc2[N+](=O)[O-])C1. The molecule has 1 saturated heterocycles. The maximum atomic E-state index is 12.6. The molecule has 5 aliphatic rings. The van der Waals surface area contributed by atoms with Gasteiger partial charge in [0.25, 0.3) is 11.6 Å². The predicted molar refractivity (Wildman–Crippen MR) is 132 cm³/mol. The van der Waals surface area contributed by atoms with Gasteiger partial charge in [0, 0.05) is 25.7 Å². The number of piperidine rings is 1. The maximum Gasteiger partial charge on any atom is 0.338 e. The van der Waals surface area contributed by atoms with Crippen LogP contribution in [0.4, 0.5) is 11.4 Å². The van der Waals surface area contributed by atoms with Crippen molar-refractivity contribution in [3.63, 3.8) is 0 Å². The van der Waals surface area contributed by atoms with Gasteiger partial charge in [-0.2, -0.15) is 0 Å². The molecule has 0 radical (unpaired) electrons. The van der Waals surface area contributed by atoms with Crippen molar-refractivity contribution >= 4 is 23.3 Å². The number of amides is 1. The quantitative estimate of drug-likeness (QED) is 0.346. The molecule has 4 aliphatic carbocycles. The summed E-state index contributed by atoms with van der Waals surface area (Å²) in [5, 5.41) is 14.8. The predicted octanol–water partition coefficient (Wildman–Crippen LogP) is 4.57. The number of esters is 1. The van der Waals surface area contributed by atoms with Gasteiger partial charge in [0.15, 0.2) is 6.61 Å². The van der Waals surface area contributed by atoms with Gasteiger partial charge in [0.05, 0.1) is 10.5 Å². The number of nitro groups is 1. The first-order valence-electron chi connectivity index (χ1n) is 13.2. The first kappa shape index (κ1) is 24.1. The lowest BCUT2D eigenvalue weighted by Crippen LogP contribution is -2.51. The van der Waals surface area contributed by atoms with E-state index in [1.807, 2.05) is 4.90 Å². The maximum absolute atomic E-state index is 12.6. The van der Waals surface area contributed by atoms with Gasteiger partial charge in [-0.25, -0.2) is 4.79 Å². The topological polar surface area (TPSA) is 102 Å². The molecule has 6 rings (SSSR count). The average Bonchev–Trinajstić information content (AvgIpc) is 2.79. The Hall–Kier alpha value is -2.64. The summed E-state index contributed by atoms with van der Waals surface area (Å²) in [6, 6.07) is 4.46. The Morgan fingerprint density at radius 1 is 1.06 bits per heavy atom. The van der Waals surface area contributed by atoms with Gasteiger partial charge >= 0.3 is 5.97 Å². The molecule has 190 valence electrons. The molecule has 1 N–H and O–H groups in total. The summed E-state index contributed by atoms with van der Waals surface area (Å²) in [4.78, 5) is 38.4. The standard InChI is InChI=1S/C27H37N3O5/c1-17-5-18(2)14-29(13-17)23-4-3-22(9-24(23)30(33)34)26(32)35-15-25(31)28-16-27-10-19-6-20(11-27)8-21(7-19)12-27/h3-4,9,17-21H,5-8,10-16H2,1-2H3,(H,28,31). The number of benzene rings is 1. The number of carbonyl (C=O) groups is 2. The van der Waals surface area contributed by atoms with E-state index in [1.54, 1.807) is 12.1 Å². The van der Waals surface area contributed by atoms with E-state index in [1.165, 1.54) is 44.6 Å². The number of rotatable bonds is 7. The van der Waals surface area contributed by atoms with E-state index in [9.17, 15) is 19.7 Å². The molecule has 2 atom stereocenters. The van der Waals surface area contributed by atoms with E-state index in [2.05, 4.69) is 19.2 Å². The van der Waals surface area contributed by atoms with Gasteiger partial charge in [-0.1, -0.05) is 13.8 Å². The van der Waals surface area contributed by atoms with Crippen LogP contribution >= 0.6 is 0 Å². The van der Waals surface area contributed by atoms with Crippen LogP contribution in [0, 0.1) is 45.1 Å². The Morgan fingerprint density at radius 2 is 1.66 bits per heavy atom. The van der Waals surface area contributed by atoms with Crippen LogP contribution in [0.25, 0.3) is 0 Å². The molecule has 0 aromatic heterocycles. The summed E-state index contributed by atoms with van der Waals surface area (Å²) in [5.41, 5.74) is 0.728. The Bertz CT molecular complexity index is 963. The molecular weight excluding hydrogens is 446 g/mol. The Morgan fingerprint density at radius 3 is 2.23 bits per heavy atom. The second-order valence-corrected chi connectivity index (χ2v) is 12.1. The van der Waals surface area contributed by atoms with E-state index in [0.717, 1.165) is 37.3 Å². The summed E-state index contributed by atoms with van der Waals surface area (Å²) in [7, 11) is 0. The summed E-state index contributed by atoms with van der Waals surface area (Å²) in [6.45, 7) is 6.07. The number of ether oxygens (including phenoxy) is 1. The molecule has 1 aromatic carbocycles. The minimum Gasteiger partial charge on any atom is -0.452 e. The summed E-state index contributed by atoms with van der Waals surface area (Å²) < 4.78 is 5.23. The van der Waals surface area contributed by atoms with E-state index in [4.69, 9.17) is 4.74 Å². The van der Waals surface area contributed by atoms with Crippen LogP contribution < -0.4 is 10.2 Å². The number of hydrogen-bond acceptors (Lipinski definition) is 6. The fourth-order valence-corrected chi connectivity index (χ4v) is 7.98. The van der Waals surface area contributed by atoms with Crippen molar-refractivity contribution in [3.8, 4) is 0 Å². The first-order valence-corrected chi connectivity index (χ1v) is 13.2.